The minimum absolute atomic E-state index is 0.182. The van der Waals surface area contributed by atoms with Gasteiger partial charge in [-0.25, -0.2) is 9.37 Å². The molecule has 0 radical (unpaired) electrons. The van der Waals surface area contributed by atoms with Crippen molar-refractivity contribution < 1.29 is 32.2 Å². The third-order valence-corrected chi connectivity index (χ3v) is 4.77. The van der Waals surface area contributed by atoms with Crippen molar-refractivity contribution in [2.75, 3.05) is 6.61 Å². The van der Waals surface area contributed by atoms with Crippen LogP contribution < -0.4 is 10.1 Å². The van der Waals surface area contributed by atoms with Gasteiger partial charge in [0, 0.05) is 12.3 Å². The molecule has 2 aromatic rings. The number of aromatic nitrogens is 1. The molecule has 5 nitrogen and oxygen atoms in total. The summed E-state index contributed by atoms with van der Waals surface area (Å²) in [6.07, 6.45) is -2.22. The highest BCUT2D eigenvalue weighted by atomic mass is 19.4. The molecular weight excluding hydrogens is 392 g/mol. The van der Waals surface area contributed by atoms with Crippen LogP contribution in [-0.4, -0.2) is 28.8 Å². The van der Waals surface area contributed by atoms with Gasteiger partial charge < -0.3 is 15.2 Å². The Morgan fingerprint density at radius 3 is 2.48 bits per heavy atom. The number of alkyl halides is 3. The highest BCUT2D eigenvalue weighted by molar-refractivity contribution is 5.79. The highest BCUT2D eigenvalue weighted by Crippen LogP contribution is 2.46. The van der Waals surface area contributed by atoms with E-state index < -0.39 is 35.6 Å². The maximum Gasteiger partial charge on any atom is 0.422 e. The first kappa shape index (κ1) is 21.0. The number of aliphatic hydroxyl groups is 1. The van der Waals surface area contributed by atoms with Crippen molar-refractivity contribution in [3.05, 3.63) is 59.5 Å². The van der Waals surface area contributed by atoms with Crippen LogP contribution >= 0.6 is 0 Å². The van der Waals surface area contributed by atoms with E-state index in [9.17, 15) is 27.5 Å². The van der Waals surface area contributed by atoms with E-state index in [1.807, 2.05) is 0 Å². The number of ether oxygens (including phenoxy) is 1. The molecule has 1 unspecified atom stereocenters. The molecule has 1 aromatic carbocycles. The topological polar surface area (TPSA) is 71.5 Å². The first-order chi connectivity index (χ1) is 13.5. The molecule has 1 aliphatic carbocycles. The van der Waals surface area contributed by atoms with Crippen molar-refractivity contribution in [2.24, 2.45) is 0 Å². The average molecular weight is 412 g/mol. The number of hydrogen-bond donors (Lipinski definition) is 2. The minimum Gasteiger partial charge on any atom is -0.468 e. The van der Waals surface area contributed by atoms with Gasteiger partial charge in [0.05, 0.1) is 17.6 Å². The van der Waals surface area contributed by atoms with E-state index in [0.29, 0.717) is 24.0 Å². The number of hydrogen-bond acceptors (Lipinski definition) is 4. The van der Waals surface area contributed by atoms with E-state index in [4.69, 9.17) is 0 Å². The molecule has 1 saturated carbocycles. The summed E-state index contributed by atoms with van der Waals surface area (Å²) in [6, 6.07) is 8.18. The second-order valence-corrected chi connectivity index (χ2v) is 7.37. The van der Waals surface area contributed by atoms with Crippen LogP contribution in [0, 0.1) is 5.82 Å². The number of benzene rings is 1. The van der Waals surface area contributed by atoms with Gasteiger partial charge in [0.1, 0.15) is 5.82 Å². The largest absolute Gasteiger partial charge is 0.468 e. The first-order valence-corrected chi connectivity index (χ1v) is 8.95. The molecule has 1 fully saturated rings. The second kappa shape index (κ2) is 7.62. The van der Waals surface area contributed by atoms with Crippen LogP contribution in [0.2, 0.25) is 0 Å². The van der Waals surface area contributed by atoms with Crippen LogP contribution in [0.5, 0.6) is 5.88 Å². The normalized spacial score (nSPS) is 17.3. The number of rotatable bonds is 7. The smallest absolute Gasteiger partial charge is 0.422 e. The first-order valence-electron chi connectivity index (χ1n) is 8.95. The van der Waals surface area contributed by atoms with Crippen LogP contribution in [0.25, 0.3) is 0 Å². The Balaban J connectivity index is 1.66. The van der Waals surface area contributed by atoms with Crippen molar-refractivity contribution in [1.29, 1.82) is 0 Å². The Kier molecular flexibility index (Phi) is 5.53. The zero-order valence-electron chi connectivity index (χ0n) is 15.6. The molecule has 156 valence electrons. The van der Waals surface area contributed by atoms with Gasteiger partial charge in [0.25, 0.3) is 0 Å². The van der Waals surface area contributed by atoms with Crippen LogP contribution in [0.15, 0.2) is 42.6 Å². The summed E-state index contributed by atoms with van der Waals surface area (Å²) in [4.78, 5) is 16.3. The van der Waals surface area contributed by atoms with Crippen LogP contribution in [0.3, 0.4) is 0 Å². The predicted molar refractivity (Wildman–Crippen MR) is 95.4 cm³/mol. The van der Waals surface area contributed by atoms with Gasteiger partial charge in [-0.3, -0.25) is 4.79 Å². The fourth-order valence-corrected chi connectivity index (χ4v) is 3.09. The molecular formula is C20H20F4N2O3. The molecule has 0 aliphatic heterocycles. The summed E-state index contributed by atoms with van der Waals surface area (Å²) in [5.74, 6) is -1.07. The van der Waals surface area contributed by atoms with Gasteiger partial charge in [-0.2, -0.15) is 13.2 Å². The molecule has 3 rings (SSSR count). The Hall–Kier alpha value is -2.68. The van der Waals surface area contributed by atoms with Crippen molar-refractivity contribution in [1.82, 2.24) is 10.3 Å². The van der Waals surface area contributed by atoms with Crippen molar-refractivity contribution in [3.63, 3.8) is 0 Å². The minimum atomic E-state index is -4.48. The van der Waals surface area contributed by atoms with Crippen LogP contribution in [-0.2, 0) is 15.9 Å². The number of nitrogens with zero attached hydrogens (tertiary/aromatic N) is 1. The quantitative estimate of drug-likeness (QED) is 0.683. The van der Waals surface area contributed by atoms with Gasteiger partial charge in [0.2, 0.25) is 11.8 Å². The fraction of sp³-hybridized carbons (Fsp3) is 0.400. The van der Waals surface area contributed by atoms with Crippen molar-refractivity contribution in [3.8, 4) is 5.88 Å². The van der Waals surface area contributed by atoms with E-state index in [1.165, 1.54) is 43.5 Å². The number of nitrogens with one attached hydrogen (secondary N) is 1. The number of carbonyl (C=O) groups is 1. The predicted octanol–water partition coefficient (Wildman–Crippen LogP) is 3.56. The summed E-state index contributed by atoms with van der Waals surface area (Å²) in [7, 11) is 0. The lowest BCUT2D eigenvalue weighted by Crippen LogP contribution is -2.39. The molecule has 2 N–H and O–H groups in total. The van der Waals surface area contributed by atoms with Gasteiger partial charge in [0.15, 0.2) is 6.61 Å². The number of halogens is 4. The molecule has 1 amide bonds. The average Bonchev–Trinajstić information content (AvgIpc) is 3.40. The number of amides is 1. The van der Waals surface area contributed by atoms with Gasteiger partial charge in [-0.15, -0.1) is 0 Å². The third kappa shape index (κ3) is 5.44. The van der Waals surface area contributed by atoms with Gasteiger partial charge in [-0.05, 0) is 49.1 Å². The molecule has 29 heavy (non-hydrogen) atoms. The highest BCUT2D eigenvalue weighted by Gasteiger charge is 2.46. The Bertz CT molecular complexity index is 878. The molecule has 0 saturated heterocycles. The Morgan fingerprint density at radius 2 is 1.90 bits per heavy atom. The maximum absolute atomic E-state index is 13.1. The summed E-state index contributed by atoms with van der Waals surface area (Å²) < 4.78 is 54.7. The molecule has 1 aromatic heterocycles. The Morgan fingerprint density at radius 1 is 1.24 bits per heavy atom. The molecule has 9 heteroatoms. The molecule has 1 heterocycles. The van der Waals surface area contributed by atoms with Gasteiger partial charge in [-0.1, -0.05) is 12.1 Å². The van der Waals surface area contributed by atoms with Crippen molar-refractivity contribution >= 4 is 5.91 Å². The summed E-state index contributed by atoms with van der Waals surface area (Å²) >= 11 is 0. The third-order valence-electron chi connectivity index (χ3n) is 4.77. The number of carbonyl (C=O) groups excluding carboxylic acids is 1. The number of pyridine rings is 1. The lowest BCUT2D eigenvalue weighted by molar-refractivity contribution is -0.154. The van der Waals surface area contributed by atoms with Gasteiger partial charge >= 0.3 is 6.18 Å². The fourth-order valence-electron chi connectivity index (χ4n) is 3.09. The Labute approximate surface area is 164 Å². The zero-order valence-corrected chi connectivity index (χ0v) is 15.6. The second-order valence-electron chi connectivity index (χ2n) is 7.37. The standard InChI is InChI=1S/C20H20F4N2O3/c1-18(28,13-2-4-15(21)5-3-13)11-16(27)26-19(7-8-19)14-6-9-25-17(10-14)29-12-20(22,23)24/h2-6,9-10,28H,7-8,11-12H2,1H3,(H,26,27). The monoisotopic (exact) mass is 412 g/mol. The van der Waals surface area contributed by atoms with E-state index in [2.05, 4.69) is 15.0 Å². The van der Waals surface area contributed by atoms with E-state index in [0.717, 1.165) is 0 Å². The zero-order chi connectivity index (χ0) is 21.3. The molecule has 0 spiro atoms. The van der Waals surface area contributed by atoms with Crippen molar-refractivity contribution in [2.45, 2.75) is 43.5 Å². The summed E-state index contributed by atoms with van der Waals surface area (Å²) in [5, 5.41) is 13.4. The maximum atomic E-state index is 13.1. The lowest BCUT2D eigenvalue weighted by atomic mass is 9.92. The van der Waals surface area contributed by atoms with E-state index >= 15 is 0 Å². The molecule has 1 aliphatic rings. The van der Waals surface area contributed by atoms with E-state index in [-0.39, 0.29) is 12.3 Å². The molecule has 0 bridgehead atoms. The lowest BCUT2D eigenvalue weighted by Gasteiger charge is -2.25. The van der Waals surface area contributed by atoms with Crippen LogP contribution in [0.4, 0.5) is 17.6 Å². The van der Waals surface area contributed by atoms with Crippen LogP contribution in [0.1, 0.15) is 37.3 Å². The summed E-state index contributed by atoms with van der Waals surface area (Å²) in [5.41, 5.74) is -1.26. The SMILES string of the molecule is CC(O)(CC(=O)NC1(c2ccnc(OCC(F)(F)F)c2)CC1)c1ccc(F)cc1. The summed E-state index contributed by atoms with van der Waals surface area (Å²) in [6.45, 7) is -0.00173. The van der Waals surface area contributed by atoms with E-state index in [1.54, 1.807) is 6.07 Å². The molecule has 1 atom stereocenters.